The van der Waals surface area contributed by atoms with Gasteiger partial charge in [-0.25, -0.2) is 4.79 Å². The van der Waals surface area contributed by atoms with E-state index in [0.29, 0.717) is 5.69 Å². The molecule has 0 aliphatic heterocycles. The number of aromatic amines is 1. The van der Waals surface area contributed by atoms with Crippen molar-refractivity contribution in [2.24, 2.45) is 0 Å². The molecule has 0 unspecified atom stereocenters. The lowest BCUT2D eigenvalue weighted by Crippen LogP contribution is -2.39. The molecule has 4 rings (SSSR count). The lowest BCUT2D eigenvalue weighted by Gasteiger charge is -2.12. The van der Waals surface area contributed by atoms with E-state index in [-0.39, 0.29) is 17.1 Å². The van der Waals surface area contributed by atoms with Gasteiger partial charge < -0.3 is 15.8 Å². The fourth-order valence-electron chi connectivity index (χ4n) is 3.22. The predicted octanol–water partition coefficient (Wildman–Crippen LogP) is 3.31. The first kappa shape index (κ1) is 20.7. The Bertz CT molecular complexity index is 1350. The topological polar surface area (TPSA) is 116 Å². The molecule has 32 heavy (non-hydrogen) atoms. The molecule has 8 heteroatoms. The fourth-order valence-corrected chi connectivity index (χ4v) is 3.22. The van der Waals surface area contributed by atoms with Crippen LogP contribution in [0.5, 0.6) is 0 Å². The Hall–Kier alpha value is -4.59. The molecule has 0 radical (unpaired) electrons. The van der Waals surface area contributed by atoms with Gasteiger partial charge in [-0.05, 0) is 28.8 Å². The molecule has 0 spiro atoms. The van der Waals surface area contributed by atoms with Crippen molar-refractivity contribution in [2.45, 2.75) is 6.54 Å². The van der Waals surface area contributed by atoms with Gasteiger partial charge in [-0.2, -0.15) is 0 Å². The Labute approximate surface area is 182 Å². The highest BCUT2D eigenvalue weighted by molar-refractivity contribution is 6.07. The first-order valence-corrected chi connectivity index (χ1v) is 9.86. The van der Waals surface area contributed by atoms with Crippen LogP contribution in [0, 0.1) is 0 Å². The summed E-state index contributed by atoms with van der Waals surface area (Å²) in [6.07, 6.45) is 0. The number of nitrogens with zero attached hydrogens (tertiary/aromatic N) is 1. The number of para-hydroxylation sites is 1. The molecule has 0 saturated carbocycles. The molecule has 1 heterocycles. The lowest BCUT2D eigenvalue weighted by molar-refractivity contribution is 0.101. The van der Waals surface area contributed by atoms with Crippen LogP contribution >= 0.6 is 0 Å². The van der Waals surface area contributed by atoms with Gasteiger partial charge in [0.15, 0.2) is 0 Å². The summed E-state index contributed by atoms with van der Waals surface area (Å²) in [4.78, 5) is 39.4. The van der Waals surface area contributed by atoms with Crippen LogP contribution in [0.3, 0.4) is 0 Å². The van der Waals surface area contributed by atoms with E-state index in [4.69, 9.17) is 0 Å². The van der Waals surface area contributed by atoms with Gasteiger partial charge in [0.2, 0.25) is 0 Å². The molecule has 8 nitrogen and oxygen atoms in total. The number of rotatable bonds is 6. The molecule has 0 saturated heterocycles. The van der Waals surface area contributed by atoms with Crippen molar-refractivity contribution in [3.8, 4) is 11.1 Å². The highest BCUT2D eigenvalue weighted by Gasteiger charge is 2.21. The summed E-state index contributed by atoms with van der Waals surface area (Å²) in [5.74, 6) is -0.840. The van der Waals surface area contributed by atoms with Crippen molar-refractivity contribution in [3.05, 3.63) is 117 Å². The molecule has 3 aromatic carbocycles. The number of benzene rings is 3. The maximum atomic E-state index is 12.7. The first-order valence-electron chi connectivity index (χ1n) is 9.86. The normalized spacial score (nSPS) is 10.5. The molecular weight excluding hydrogens is 408 g/mol. The SMILES string of the molecule is O=C(Nc1ccccc1)c1c(NCc2ccc(-c3ccccc3)cc2)[nH]c(=O)n(O)c1=O. The Morgan fingerprint density at radius 3 is 2.09 bits per heavy atom. The average Bonchev–Trinajstić information content (AvgIpc) is 2.82. The summed E-state index contributed by atoms with van der Waals surface area (Å²) >= 11 is 0. The van der Waals surface area contributed by atoms with Crippen molar-refractivity contribution < 1.29 is 10.0 Å². The van der Waals surface area contributed by atoms with Crippen LogP contribution in [-0.2, 0) is 6.54 Å². The van der Waals surface area contributed by atoms with Crippen molar-refractivity contribution in [1.82, 2.24) is 9.71 Å². The van der Waals surface area contributed by atoms with Gasteiger partial charge in [0.1, 0.15) is 11.4 Å². The van der Waals surface area contributed by atoms with E-state index in [1.54, 1.807) is 30.3 Å². The van der Waals surface area contributed by atoms with Crippen LogP contribution in [0.4, 0.5) is 11.5 Å². The van der Waals surface area contributed by atoms with E-state index in [9.17, 15) is 19.6 Å². The first-order chi connectivity index (χ1) is 15.5. The van der Waals surface area contributed by atoms with Crippen LogP contribution in [0.1, 0.15) is 15.9 Å². The molecule has 0 aliphatic rings. The number of anilines is 2. The van der Waals surface area contributed by atoms with Crippen LogP contribution in [0.25, 0.3) is 11.1 Å². The van der Waals surface area contributed by atoms with Gasteiger partial charge in [0.25, 0.3) is 5.91 Å². The molecule has 0 atom stereocenters. The number of hydrogen-bond donors (Lipinski definition) is 4. The molecular formula is C24H20N4O4. The van der Waals surface area contributed by atoms with Gasteiger partial charge in [-0.1, -0.05) is 77.5 Å². The summed E-state index contributed by atoms with van der Waals surface area (Å²) in [6, 6.07) is 26.2. The zero-order valence-corrected chi connectivity index (χ0v) is 16.9. The van der Waals surface area contributed by atoms with Gasteiger partial charge in [-0.3, -0.25) is 14.6 Å². The van der Waals surface area contributed by atoms with Crippen molar-refractivity contribution >= 4 is 17.4 Å². The summed E-state index contributed by atoms with van der Waals surface area (Å²) < 4.78 is -0.125. The number of carbonyl (C=O) groups is 1. The van der Waals surface area contributed by atoms with Gasteiger partial charge in [-0.15, -0.1) is 0 Å². The smallest absolute Gasteiger partial charge is 0.363 e. The lowest BCUT2D eigenvalue weighted by atomic mass is 10.0. The number of amides is 1. The number of carbonyl (C=O) groups excluding carboxylic acids is 1. The number of aromatic nitrogens is 2. The third kappa shape index (κ3) is 4.44. The van der Waals surface area contributed by atoms with Crippen LogP contribution in [-0.4, -0.2) is 20.8 Å². The average molecular weight is 428 g/mol. The summed E-state index contributed by atoms with van der Waals surface area (Å²) in [7, 11) is 0. The van der Waals surface area contributed by atoms with Crippen molar-refractivity contribution in [3.63, 3.8) is 0 Å². The van der Waals surface area contributed by atoms with Gasteiger partial charge in [0, 0.05) is 12.2 Å². The van der Waals surface area contributed by atoms with E-state index in [0.717, 1.165) is 16.7 Å². The minimum absolute atomic E-state index is 0.0779. The van der Waals surface area contributed by atoms with E-state index in [1.165, 1.54) is 0 Å². The molecule has 0 bridgehead atoms. The van der Waals surface area contributed by atoms with Gasteiger partial charge >= 0.3 is 11.2 Å². The largest absolute Gasteiger partial charge is 0.421 e. The van der Waals surface area contributed by atoms with E-state index in [1.807, 2.05) is 54.6 Å². The van der Waals surface area contributed by atoms with Crippen molar-refractivity contribution in [1.29, 1.82) is 0 Å². The van der Waals surface area contributed by atoms with E-state index in [2.05, 4.69) is 15.6 Å². The zero-order chi connectivity index (χ0) is 22.5. The second-order valence-corrected chi connectivity index (χ2v) is 7.03. The summed E-state index contributed by atoms with van der Waals surface area (Å²) in [5, 5.41) is 15.2. The third-order valence-electron chi connectivity index (χ3n) is 4.87. The monoisotopic (exact) mass is 428 g/mol. The minimum atomic E-state index is -1.12. The second-order valence-electron chi connectivity index (χ2n) is 7.03. The second kappa shape index (κ2) is 9.05. The molecule has 0 fully saturated rings. The van der Waals surface area contributed by atoms with Crippen LogP contribution in [0.15, 0.2) is 94.5 Å². The van der Waals surface area contributed by atoms with E-state index >= 15 is 0 Å². The fraction of sp³-hybridized carbons (Fsp3) is 0.0417. The van der Waals surface area contributed by atoms with Crippen LogP contribution < -0.4 is 21.9 Å². The van der Waals surface area contributed by atoms with Crippen LogP contribution in [0.2, 0.25) is 0 Å². The third-order valence-corrected chi connectivity index (χ3v) is 4.87. The number of hydrogen-bond acceptors (Lipinski definition) is 5. The summed E-state index contributed by atoms with van der Waals surface area (Å²) in [5.41, 5.74) is 0.897. The summed E-state index contributed by atoms with van der Waals surface area (Å²) in [6.45, 7) is 0.242. The Kier molecular flexibility index (Phi) is 5.85. The standard InChI is InChI=1S/C24H20N4O4/c29-22(26-19-9-5-2-6-10-19)20-21(27-24(31)28(32)23(20)30)25-15-16-11-13-18(14-12-16)17-7-3-1-4-8-17/h1-14,25,32H,15H2,(H,26,29)(H,27,31). The molecule has 160 valence electrons. The Balaban J connectivity index is 1.57. The van der Waals surface area contributed by atoms with Gasteiger partial charge in [0.05, 0.1) is 0 Å². The Morgan fingerprint density at radius 1 is 0.844 bits per heavy atom. The van der Waals surface area contributed by atoms with Crippen molar-refractivity contribution in [2.75, 3.05) is 10.6 Å². The number of nitrogens with one attached hydrogen (secondary N) is 3. The molecule has 4 N–H and O–H groups in total. The maximum absolute atomic E-state index is 12.7. The molecule has 1 aromatic heterocycles. The maximum Gasteiger partial charge on any atom is 0.363 e. The highest BCUT2D eigenvalue weighted by atomic mass is 16.5. The number of H-pyrrole nitrogens is 1. The minimum Gasteiger partial charge on any atom is -0.421 e. The molecule has 0 aliphatic carbocycles. The zero-order valence-electron chi connectivity index (χ0n) is 16.9. The molecule has 1 amide bonds. The highest BCUT2D eigenvalue weighted by Crippen LogP contribution is 2.20. The predicted molar refractivity (Wildman–Crippen MR) is 122 cm³/mol. The Morgan fingerprint density at radius 2 is 1.44 bits per heavy atom. The van der Waals surface area contributed by atoms with E-state index < -0.39 is 22.7 Å². The quantitative estimate of drug-likeness (QED) is 0.352. The molecule has 4 aromatic rings.